The van der Waals surface area contributed by atoms with Gasteiger partial charge in [0.05, 0.1) is 32.2 Å². The number of rotatable bonds is 10. The van der Waals surface area contributed by atoms with Gasteiger partial charge in [-0.25, -0.2) is 0 Å². The summed E-state index contributed by atoms with van der Waals surface area (Å²) in [5, 5.41) is -0.0182. The molecular weight excluding hydrogens is 432 g/mol. The van der Waals surface area contributed by atoms with Crippen LogP contribution in [0.15, 0.2) is 18.2 Å². The summed E-state index contributed by atoms with van der Waals surface area (Å²) >= 11 is 0. The molecule has 0 N–H and O–H groups in total. The van der Waals surface area contributed by atoms with Gasteiger partial charge in [0.2, 0.25) is 0 Å². The Morgan fingerprint density at radius 3 is 2.29 bits per heavy atom. The van der Waals surface area contributed by atoms with Gasteiger partial charge in [0, 0.05) is 0 Å². The van der Waals surface area contributed by atoms with Gasteiger partial charge in [-0.15, -0.1) is 0 Å². The van der Waals surface area contributed by atoms with Gasteiger partial charge in [0.25, 0.3) is 10.1 Å². The highest BCUT2D eigenvalue weighted by Gasteiger charge is 2.42. The van der Waals surface area contributed by atoms with E-state index in [2.05, 4.69) is 33.9 Å². The highest BCUT2D eigenvalue weighted by molar-refractivity contribution is 7.85. The van der Waals surface area contributed by atoms with E-state index in [1.54, 1.807) is 7.11 Å². The first-order valence-corrected chi connectivity index (χ1v) is 15.8. The minimum atomic E-state index is -3.61. The van der Waals surface area contributed by atoms with Gasteiger partial charge in [-0.1, -0.05) is 45.7 Å². The van der Waals surface area contributed by atoms with E-state index in [-0.39, 0.29) is 17.7 Å². The zero-order chi connectivity index (χ0) is 23.4. The van der Waals surface area contributed by atoms with Crippen LogP contribution in [0.1, 0.15) is 63.7 Å². The summed E-state index contributed by atoms with van der Waals surface area (Å²) in [5.41, 5.74) is 1.94. The van der Waals surface area contributed by atoms with Gasteiger partial charge in [-0.05, 0) is 55.1 Å². The summed E-state index contributed by atoms with van der Waals surface area (Å²) in [4.78, 5) is 0. The van der Waals surface area contributed by atoms with Crippen LogP contribution in [0.25, 0.3) is 0 Å². The van der Waals surface area contributed by atoms with Crippen molar-refractivity contribution in [3.8, 4) is 5.75 Å². The molecule has 2 atom stereocenters. The predicted octanol–water partition coefficient (Wildman–Crippen LogP) is 5.37. The second-order valence-electron chi connectivity index (χ2n) is 10.1. The van der Waals surface area contributed by atoms with Gasteiger partial charge in [-0.2, -0.15) is 8.42 Å². The maximum atomic E-state index is 11.8. The maximum absolute atomic E-state index is 11.8. The molecule has 0 aromatic heterocycles. The summed E-state index contributed by atoms with van der Waals surface area (Å²) in [6.45, 7) is 12.9. The standard InChI is InChI=1S/C23H40O6SSi/c1-17-13-14-18(15-20(17)26-5)22(29-31(7,8)23(2,3)4)21(16-27-30(6,24)25)28-19-11-9-10-12-19/h13-15,19,21-22H,9-12,16H2,1-8H3/t21-,22?/m0/s1. The third-order valence-electron chi connectivity index (χ3n) is 6.44. The smallest absolute Gasteiger partial charge is 0.264 e. The Morgan fingerprint density at radius 1 is 1.16 bits per heavy atom. The molecule has 0 aliphatic heterocycles. The van der Waals surface area contributed by atoms with Crippen LogP contribution in [-0.2, 0) is 23.5 Å². The first kappa shape index (κ1) is 26.3. The van der Waals surface area contributed by atoms with E-state index in [0.29, 0.717) is 0 Å². The van der Waals surface area contributed by atoms with Crippen molar-refractivity contribution in [1.29, 1.82) is 0 Å². The zero-order valence-electron chi connectivity index (χ0n) is 20.4. The molecule has 1 fully saturated rings. The fraction of sp³-hybridized carbons (Fsp3) is 0.739. The molecule has 1 aromatic rings. The topological polar surface area (TPSA) is 71.1 Å². The van der Waals surface area contributed by atoms with Gasteiger partial charge in [0.15, 0.2) is 8.32 Å². The number of ether oxygens (including phenoxy) is 2. The van der Waals surface area contributed by atoms with Crippen LogP contribution in [0, 0.1) is 6.92 Å². The predicted molar refractivity (Wildman–Crippen MR) is 127 cm³/mol. The minimum Gasteiger partial charge on any atom is -0.496 e. The molecule has 1 aromatic carbocycles. The molecule has 1 aliphatic carbocycles. The van der Waals surface area contributed by atoms with Crippen LogP contribution in [0.2, 0.25) is 18.1 Å². The van der Waals surface area contributed by atoms with E-state index in [0.717, 1.165) is 48.8 Å². The van der Waals surface area contributed by atoms with Crippen LogP contribution in [0.4, 0.5) is 0 Å². The summed E-state index contributed by atoms with van der Waals surface area (Å²) < 4.78 is 47.7. The van der Waals surface area contributed by atoms with Crippen molar-refractivity contribution >= 4 is 18.4 Å². The van der Waals surface area contributed by atoms with Crippen molar-refractivity contribution in [3.63, 3.8) is 0 Å². The molecule has 0 spiro atoms. The van der Waals surface area contributed by atoms with Crippen molar-refractivity contribution in [3.05, 3.63) is 29.3 Å². The molecule has 1 aliphatic rings. The largest absolute Gasteiger partial charge is 0.496 e. The van der Waals surface area contributed by atoms with Crippen LogP contribution in [-0.4, -0.2) is 48.9 Å². The van der Waals surface area contributed by atoms with Crippen LogP contribution < -0.4 is 4.74 Å². The molecule has 178 valence electrons. The monoisotopic (exact) mass is 472 g/mol. The molecule has 6 nitrogen and oxygen atoms in total. The summed E-state index contributed by atoms with van der Waals surface area (Å²) in [6, 6.07) is 5.99. The van der Waals surface area contributed by atoms with Crippen molar-refractivity contribution in [2.75, 3.05) is 20.0 Å². The van der Waals surface area contributed by atoms with Crippen LogP contribution >= 0.6 is 0 Å². The molecule has 0 amide bonds. The van der Waals surface area contributed by atoms with E-state index < -0.39 is 30.6 Å². The Hall–Kier alpha value is -0.933. The lowest BCUT2D eigenvalue weighted by molar-refractivity contribution is -0.0874. The Kier molecular flexibility index (Phi) is 8.78. The lowest BCUT2D eigenvalue weighted by Gasteiger charge is -2.42. The molecule has 0 saturated heterocycles. The zero-order valence-corrected chi connectivity index (χ0v) is 22.2. The molecule has 1 unspecified atom stereocenters. The van der Waals surface area contributed by atoms with Crippen molar-refractivity contribution in [2.45, 2.75) is 89.8 Å². The Morgan fingerprint density at radius 2 is 1.77 bits per heavy atom. The van der Waals surface area contributed by atoms with E-state index in [1.807, 2.05) is 25.1 Å². The van der Waals surface area contributed by atoms with E-state index in [4.69, 9.17) is 18.1 Å². The van der Waals surface area contributed by atoms with Crippen LogP contribution in [0.3, 0.4) is 0 Å². The van der Waals surface area contributed by atoms with E-state index >= 15 is 0 Å². The fourth-order valence-corrected chi connectivity index (χ4v) is 5.18. The molecular formula is C23H40O6SSi. The Balaban J connectivity index is 2.47. The quantitative estimate of drug-likeness (QED) is 0.337. The Bertz CT molecular complexity index is 825. The number of hydrogen-bond acceptors (Lipinski definition) is 6. The molecule has 31 heavy (non-hydrogen) atoms. The average Bonchev–Trinajstić information content (AvgIpc) is 3.15. The van der Waals surface area contributed by atoms with E-state index in [9.17, 15) is 8.42 Å². The number of methoxy groups -OCH3 is 1. The van der Waals surface area contributed by atoms with Gasteiger partial charge >= 0.3 is 0 Å². The van der Waals surface area contributed by atoms with Crippen molar-refractivity contribution in [1.82, 2.24) is 0 Å². The maximum Gasteiger partial charge on any atom is 0.264 e. The Labute approximate surface area is 189 Å². The van der Waals surface area contributed by atoms with Crippen LogP contribution in [0.5, 0.6) is 5.75 Å². The van der Waals surface area contributed by atoms with Crippen molar-refractivity contribution < 1.29 is 26.5 Å². The molecule has 0 bridgehead atoms. The third-order valence-corrected chi connectivity index (χ3v) is 11.5. The van der Waals surface area contributed by atoms with E-state index in [1.165, 1.54) is 0 Å². The van der Waals surface area contributed by atoms with Gasteiger partial charge in [-0.3, -0.25) is 4.18 Å². The fourth-order valence-electron chi connectivity index (χ4n) is 3.53. The normalized spacial score (nSPS) is 18.2. The molecule has 0 radical (unpaired) electrons. The first-order valence-electron chi connectivity index (χ1n) is 11.1. The second kappa shape index (κ2) is 10.3. The summed E-state index contributed by atoms with van der Waals surface area (Å²) in [6.07, 6.45) is 4.34. The van der Waals surface area contributed by atoms with Crippen molar-refractivity contribution in [2.24, 2.45) is 0 Å². The SMILES string of the molecule is COc1cc(C(O[Si](C)(C)C(C)(C)C)[C@H](COS(C)(=O)=O)OC2CCCC2)ccc1C. The van der Waals surface area contributed by atoms with Gasteiger partial charge < -0.3 is 13.9 Å². The molecule has 0 heterocycles. The lowest BCUT2D eigenvalue weighted by Crippen LogP contribution is -2.45. The second-order valence-corrected chi connectivity index (χ2v) is 16.5. The summed E-state index contributed by atoms with van der Waals surface area (Å²) in [5.74, 6) is 0.768. The summed E-state index contributed by atoms with van der Waals surface area (Å²) in [7, 11) is -4.17. The number of benzene rings is 1. The highest BCUT2D eigenvalue weighted by Crippen LogP contribution is 2.42. The third kappa shape index (κ3) is 7.56. The average molecular weight is 473 g/mol. The molecule has 8 heteroatoms. The minimum absolute atomic E-state index is 0.0182. The van der Waals surface area contributed by atoms with Gasteiger partial charge in [0.1, 0.15) is 11.9 Å². The molecule has 1 saturated carbocycles. The lowest BCUT2D eigenvalue weighted by atomic mass is 10.0. The number of hydrogen-bond donors (Lipinski definition) is 0. The number of aryl methyl sites for hydroxylation is 1. The highest BCUT2D eigenvalue weighted by atomic mass is 32.2. The first-order chi connectivity index (χ1) is 14.2. The molecule has 2 rings (SSSR count).